The Kier molecular flexibility index (Phi) is 6.13. The van der Waals surface area contributed by atoms with Gasteiger partial charge in [-0.2, -0.15) is 8.78 Å². The Labute approximate surface area is 188 Å². The molecule has 1 saturated heterocycles. The molecule has 1 aromatic carbocycles. The molecule has 1 unspecified atom stereocenters. The molecule has 0 spiro atoms. The van der Waals surface area contributed by atoms with Gasteiger partial charge < -0.3 is 14.4 Å². The topological polar surface area (TPSA) is 94.5 Å². The van der Waals surface area contributed by atoms with Crippen molar-refractivity contribution in [2.75, 3.05) is 6.61 Å². The molecule has 1 amide bonds. The van der Waals surface area contributed by atoms with Crippen LogP contribution in [0.1, 0.15) is 12.0 Å². The summed E-state index contributed by atoms with van der Waals surface area (Å²) in [6.45, 7) is -5.26. The fraction of sp³-hybridized carbons (Fsp3) is 0.444. The molecule has 3 aliphatic rings. The lowest BCUT2D eigenvalue weighted by molar-refractivity contribution is -0.202. The first-order valence-corrected chi connectivity index (χ1v) is 11.9. The van der Waals surface area contributed by atoms with Gasteiger partial charge in [0.15, 0.2) is 17.5 Å². The second kappa shape index (κ2) is 8.36. The van der Waals surface area contributed by atoms with Crippen molar-refractivity contribution < 1.29 is 55.0 Å². The number of halogens is 5. The lowest BCUT2D eigenvalue weighted by Crippen LogP contribution is -2.54. The normalized spacial score (nSPS) is 33.7. The Morgan fingerprint density at radius 2 is 2.00 bits per heavy atom. The predicted molar refractivity (Wildman–Crippen MR) is 102 cm³/mol. The molecule has 180 valence electrons. The van der Waals surface area contributed by atoms with Crippen LogP contribution in [-0.4, -0.2) is 58.6 Å². The van der Waals surface area contributed by atoms with Crippen molar-refractivity contribution in [1.82, 2.24) is 4.90 Å². The summed E-state index contributed by atoms with van der Waals surface area (Å²) in [5, 5.41) is 10.2. The number of Topliss-reactive ketones (excluding diaryl/α,β-unsaturated/α-hetero) is 1. The number of aliphatic hydroxyl groups is 1. The first-order valence-electron chi connectivity index (χ1n) is 9.30. The van der Waals surface area contributed by atoms with E-state index >= 15 is 0 Å². The number of ketones is 1. The van der Waals surface area contributed by atoms with Crippen molar-refractivity contribution in [2.24, 2.45) is 0 Å². The molecule has 1 aromatic rings. The van der Waals surface area contributed by atoms with E-state index in [-0.39, 0.29) is 23.5 Å². The molecule has 4 rings (SSSR count). The van der Waals surface area contributed by atoms with Crippen LogP contribution in [0.15, 0.2) is 36.3 Å². The van der Waals surface area contributed by atoms with E-state index in [0.29, 0.717) is 5.56 Å². The van der Waals surface area contributed by atoms with Gasteiger partial charge in [-0.1, -0.05) is 18.2 Å². The Hall–Kier alpha value is -1.96. The van der Waals surface area contributed by atoms with E-state index in [1.165, 1.54) is 6.07 Å². The number of fused-ring (bicyclic) bond motifs is 1. The number of amides is 1. The first kappa shape index (κ1) is 24.2. The number of benzene rings is 1. The van der Waals surface area contributed by atoms with Gasteiger partial charge in [-0.15, -0.1) is 0 Å². The number of hydrogen-bond acceptors (Lipinski definition) is 8. The molecule has 3 heterocycles. The van der Waals surface area contributed by atoms with Crippen molar-refractivity contribution in [3.63, 3.8) is 0 Å². The average Bonchev–Trinajstić information content (AvgIpc) is 2.96. The van der Waals surface area contributed by atoms with Crippen LogP contribution in [-0.2, 0) is 41.8 Å². The number of ether oxygens (including phenoxy) is 1. The van der Waals surface area contributed by atoms with Crippen molar-refractivity contribution in [1.29, 1.82) is 0 Å². The van der Waals surface area contributed by atoms with Gasteiger partial charge in [0.2, 0.25) is 17.9 Å². The second-order valence-electron chi connectivity index (χ2n) is 7.37. The van der Waals surface area contributed by atoms with E-state index in [2.05, 4.69) is 0 Å². The summed E-state index contributed by atoms with van der Waals surface area (Å²) in [7, 11) is 0. The van der Waals surface area contributed by atoms with Crippen molar-refractivity contribution in [2.45, 2.75) is 43.3 Å². The van der Waals surface area contributed by atoms with Crippen molar-refractivity contribution in [3.8, 4) is 5.75 Å². The quantitative estimate of drug-likeness (QED) is 0.364. The minimum Gasteiger partial charge on any atom is -0.424 e. The number of aliphatic hydroxyl groups excluding tert-OH is 1. The molecule has 33 heavy (non-hydrogen) atoms. The molecule has 0 aliphatic carbocycles. The molecule has 0 bridgehead atoms. The zero-order valence-electron chi connectivity index (χ0n) is 16.3. The molecule has 0 saturated carbocycles. The average molecular weight is 515 g/mol. The lowest BCUT2D eigenvalue weighted by atomic mass is 9.95. The second-order valence-corrected chi connectivity index (χ2v) is 10.3. The number of allylic oxidation sites excluding steroid dienone is 1. The zero-order chi connectivity index (χ0) is 24.2. The van der Waals surface area contributed by atoms with Crippen LogP contribution < -0.4 is 4.52 Å². The maximum atomic E-state index is 14.8. The smallest absolute Gasteiger partial charge is 0.381 e. The van der Waals surface area contributed by atoms with E-state index in [1.54, 1.807) is 18.2 Å². The standard InChI is InChI=1S/C18H15F5NO7PS/c19-10-6-24(13(26)5-11(10)25)16-18(22,23)14(27)17(30-16,15(20)21)8-29-32(33)28-7-9-3-1-2-4-12(9)31-32/h1-4,6,14-16,27H,5,7-8H2/t14-,16-,17-,32?/m1/s1. The monoisotopic (exact) mass is 515 g/mol. The molecule has 8 nitrogen and oxygen atoms in total. The Balaban J connectivity index is 1.60. The van der Waals surface area contributed by atoms with Crippen LogP contribution in [0, 0.1) is 0 Å². The van der Waals surface area contributed by atoms with Crippen LogP contribution in [0.2, 0.25) is 0 Å². The highest BCUT2D eigenvalue weighted by atomic mass is 32.5. The number of rotatable bonds is 5. The van der Waals surface area contributed by atoms with Gasteiger partial charge in [0, 0.05) is 23.6 Å². The highest BCUT2D eigenvalue weighted by Crippen LogP contribution is 2.57. The third-order valence-electron chi connectivity index (χ3n) is 5.24. The van der Waals surface area contributed by atoms with Gasteiger partial charge in [0.05, 0.1) is 19.6 Å². The molecule has 4 atom stereocenters. The summed E-state index contributed by atoms with van der Waals surface area (Å²) in [6, 6.07) is 6.45. The molecule has 0 aromatic heterocycles. The molecule has 1 fully saturated rings. The zero-order valence-corrected chi connectivity index (χ0v) is 18.0. The molecular weight excluding hydrogens is 500 g/mol. The van der Waals surface area contributed by atoms with Gasteiger partial charge in [-0.05, 0) is 6.07 Å². The van der Waals surface area contributed by atoms with Crippen LogP contribution in [0.3, 0.4) is 0 Å². The van der Waals surface area contributed by atoms with Crippen LogP contribution >= 0.6 is 6.72 Å². The maximum absolute atomic E-state index is 14.8. The molecule has 3 aliphatic heterocycles. The molecule has 0 radical (unpaired) electrons. The molecular formula is C18H15F5NO7PS. The number of nitrogens with zero attached hydrogens (tertiary/aromatic N) is 1. The summed E-state index contributed by atoms with van der Waals surface area (Å²) in [4.78, 5) is 23.3. The maximum Gasteiger partial charge on any atom is 0.381 e. The van der Waals surface area contributed by atoms with Crippen LogP contribution in [0.4, 0.5) is 22.0 Å². The van der Waals surface area contributed by atoms with Gasteiger partial charge in [0.1, 0.15) is 5.75 Å². The minimum atomic E-state index is -4.50. The van der Waals surface area contributed by atoms with Gasteiger partial charge in [-0.3, -0.25) is 23.5 Å². The van der Waals surface area contributed by atoms with Gasteiger partial charge >= 0.3 is 12.6 Å². The number of hydrogen-bond donors (Lipinski definition) is 1. The molecule has 15 heteroatoms. The number of carbonyl (C=O) groups excluding carboxylic acids is 2. The number of para-hydroxylation sites is 1. The van der Waals surface area contributed by atoms with Crippen molar-refractivity contribution >= 4 is 30.2 Å². The van der Waals surface area contributed by atoms with Gasteiger partial charge in [-0.25, -0.2) is 13.2 Å². The third kappa shape index (κ3) is 4.08. The summed E-state index contributed by atoms with van der Waals surface area (Å²) < 4.78 is 92.1. The summed E-state index contributed by atoms with van der Waals surface area (Å²) in [5.41, 5.74) is -2.80. The Morgan fingerprint density at radius 1 is 1.30 bits per heavy atom. The summed E-state index contributed by atoms with van der Waals surface area (Å²) in [5.74, 6) is -8.40. The summed E-state index contributed by atoms with van der Waals surface area (Å²) in [6.07, 6.45) is -10.8. The van der Waals surface area contributed by atoms with E-state index in [1.807, 2.05) is 0 Å². The number of alkyl halides is 4. The van der Waals surface area contributed by atoms with Crippen LogP contribution in [0.5, 0.6) is 5.75 Å². The van der Waals surface area contributed by atoms with E-state index < -0.39 is 67.5 Å². The van der Waals surface area contributed by atoms with Crippen LogP contribution in [0.25, 0.3) is 0 Å². The highest BCUT2D eigenvalue weighted by Gasteiger charge is 2.72. The van der Waals surface area contributed by atoms with E-state index in [9.17, 15) is 36.6 Å². The predicted octanol–water partition coefficient (Wildman–Crippen LogP) is 2.81. The van der Waals surface area contributed by atoms with Gasteiger partial charge in [0.25, 0.3) is 6.43 Å². The fourth-order valence-electron chi connectivity index (χ4n) is 3.43. The minimum absolute atomic E-state index is 0.0352. The van der Waals surface area contributed by atoms with Crippen molar-refractivity contribution in [3.05, 3.63) is 41.9 Å². The Morgan fingerprint density at radius 3 is 2.70 bits per heavy atom. The Bertz CT molecular complexity index is 1070. The number of carbonyl (C=O) groups is 2. The first-order chi connectivity index (χ1) is 15.4. The van der Waals surface area contributed by atoms with E-state index in [4.69, 9.17) is 30.1 Å². The fourth-order valence-corrected chi connectivity index (χ4v) is 5.24. The summed E-state index contributed by atoms with van der Waals surface area (Å²) >= 11 is 5.11. The van der Waals surface area contributed by atoms with E-state index in [0.717, 1.165) is 0 Å². The highest BCUT2D eigenvalue weighted by molar-refractivity contribution is 8.07. The lowest BCUT2D eigenvalue weighted by Gasteiger charge is -2.34. The molecule has 1 N–H and O–H groups in total. The third-order valence-corrected chi connectivity index (χ3v) is 7.40. The SMILES string of the molecule is O=C1CC(=O)N([C@@H]2O[C@@](COP3(=S)OCc4ccccc4O3)(C(F)F)[C@@H](O)C2(F)F)C=C1F. The largest absolute Gasteiger partial charge is 0.424 e.